The van der Waals surface area contributed by atoms with Crippen LogP contribution < -0.4 is 4.74 Å². The molecule has 0 radical (unpaired) electrons. The zero-order valence-electron chi connectivity index (χ0n) is 8.17. The largest absolute Gasteiger partial charge is 0.492 e. The molecule has 2 nitrogen and oxygen atoms in total. The highest BCUT2D eigenvalue weighted by Gasteiger charge is 2.30. The fourth-order valence-electron chi connectivity index (χ4n) is 1.00. The van der Waals surface area contributed by atoms with Crippen molar-refractivity contribution in [2.24, 2.45) is 0 Å². The van der Waals surface area contributed by atoms with Crippen LogP contribution in [0.5, 0.6) is 5.75 Å². The minimum Gasteiger partial charge on any atom is -0.492 e. The van der Waals surface area contributed by atoms with Crippen molar-refractivity contribution in [1.82, 2.24) is 0 Å². The molecular weight excluding hydrogens is 289 g/mol. The first-order valence-electron chi connectivity index (χ1n) is 4.48. The molecule has 1 atom stereocenters. The molecule has 0 spiro atoms. The summed E-state index contributed by atoms with van der Waals surface area (Å²) < 4.78 is 42.1. The van der Waals surface area contributed by atoms with Gasteiger partial charge < -0.3 is 9.84 Å². The number of benzene rings is 1. The quantitative estimate of drug-likeness (QED) is 0.866. The molecule has 0 aliphatic carbocycles. The second kappa shape index (κ2) is 5.54. The van der Waals surface area contributed by atoms with E-state index >= 15 is 0 Å². The number of alkyl halides is 4. The van der Waals surface area contributed by atoms with Gasteiger partial charge >= 0.3 is 6.18 Å². The van der Waals surface area contributed by atoms with Crippen LogP contribution in [0.15, 0.2) is 24.3 Å². The molecule has 0 heterocycles. The van der Waals surface area contributed by atoms with Crippen molar-refractivity contribution in [3.8, 4) is 5.75 Å². The highest BCUT2D eigenvalue weighted by molar-refractivity contribution is 9.09. The zero-order chi connectivity index (χ0) is 12.2. The topological polar surface area (TPSA) is 29.5 Å². The van der Waals surface area contributed by atoms with Gasteiger partial charge in [0.1, 0.15) is 12.4 Å². The monoisotopic (exact) mass is 298 g/mol. The number of rotatable bonds is 4. The molecule has 6 heteroatoms. The Morgan fingerprint density at radius 1 is 1.38 bits per heavy atom. The fourth-order valence-corrected chi connectivity index (χ4v) is 1.13. The average Bonchev–Trinajstić information content (AvgIpc) is 2.25. The minimum atomic E-state index is -4.37. The molecule has 1 aromatic rings. The van der Waals surface area contributed by atoms with Crippen molar-refractivity contribution >= 4 is 15.9 Å². The lowest BCUT2D eigenvalue weighted by Gasteiger charge is -2.11. The van der Waals surface area contributed by atoms with Gasteiger partial charge in [-0.3, -0.25) is 0 Å². The summed E-state index contributed by atoms with van der Waals surface area (Å²) in [5.74, 6) is 0.132. The Kier molecular flexibility index (Phi) is 4.61. The Labute approximate surface area is 99.2 Å². The Morgan fingerprint density at radius 3 is 2.62 bits per heavy atom. The van der Waals surface area contributed by atoms with Gasteiger partial charge in [0.05, 0.1) is 17.0 Å². The lowest BCUT2D eigenvalue weighted by atomic mass is 10.2. The van der Waals surface area contributed by atoms with Crippen molar-refractivity contribution in [1.29, 1.82) is 0 Å². The summed E-state index contributed by atoms with van der Waals surface area (Å²) in [5, 5.41) is 8.69. The van der Waals surface area contributed by atoms with E-state index in [1.807, 2.05) is 0 Å². The maximum Gasteiger partial charge on any atom is 0.416 e. The van der Waals surface area contributed by atoms with Crippen LogP contribution in [-0.4, -0.2) is 23.1 Å². The van der Waals surface area contributed by atoms with Crippen LogP contribution in [0.25, 0.3) is 0 Å². The van der Waals surface area contributed by atoms with Crippen LogP contribution in [0.2, 0.25) is 0 Å². The standard InChI is InChI=1S/C10H10BrF3O2/c11-8(5-15)6-16-9-3-1-2-7(4-9)10(12,13)14/h1-4,8,15H,5-6H2. The van der Waals surface area contributed by atoms with E-state index in [9.17, 15) is 13.2 Å². The molecule has 16 heavy (non-hydrogen) atoms. The summed E-state index contributed by atoms with van der Waals surface area (Å²) in [6, 6.07) is 4.62. The van der Waals surface area contributed by atoms with E-state index in [-0.39, 0.29) is 23.8 Å². The summed E-state index contributed by atoms with van der Waals surface area (Å²) >= 11 is 3.10. The highest BCUT2D eigenvalue weighted by Crippen LogP contribution is 2.31. The van der Waals surface area contributed by atoms with Gasteiger partial charge in [-0.1, -0.05) is 22.0 Å². The third kappa shape index (κ3) is 4.02. The van der Waals surface area contributed by atoms with Crippen LogP contribution in [-0.2, 0) is 6.18 Å². The normalized spacial score (nSPS) is 13.6. The number of aliphatic hydroxyl groups excluding tert-OH is 1. The van der Waals surface area contributed by atoms with Gasteiger partial charge in [-0.05, 0) is 18.2 Å². The van der Waals surface area contributed by atoms with E-state index < -0.39 is 11.7 Å². The first kappa shape index (κ1) is 13.3. The molecule has 0 aliphatic heterocycles. The molecule has 1 rings (SSSR count). The highest BCUT2D eigenvalue weighted by atomic mass is 79.9. The zero-order valence-corrected chi connectivity index (χ0v) is 9.75. The number of ether oxygens (including phenoxy) is 1. The summed E-state index contributed by atoms with van der Waals surface area (Å²) in [6.45, 7) is -0.0310. The van der Waals surface area contributed by atoms with Crippen molar-refractivity contribution in [2.75, 3.05) is 13.2 Å². The predicted molar refractivity (Wildman–Crippen MR) is 56.7 cm³/mol. The first-order valence-corrected chi connectivity index (χ1v) is 5.40. The molecule has 0 aliphatic rings. The molecule has 0 amide bonds. The molecule has 0 saturated heterocycles. The molecule has 1 aromatic carbocycles. The lowest BCUT2D eigenvalue weighted by Crippen LogP contribution is -2.15. The van der Waals surface area contributed by atoms with E-state index in [0.29, 0.717) is 0 Å². The molecule has 0 aromatic heterocycles. The smallest absolute Gasteiger partial charge is 0.416 e. The SMILES string of the molecule is OCC(Br)COc1cccc(C(F)(F)F)c1. The van der Waals surface area contributed by atoms with E-state index in [4.69, 9.17) is 9.84 Å². The van der Waals surface area contributed by atoms with Crippen LogP contribution in [0, 0.1) is 0 Å². The van der Waals surface area contributed by atoms with Crippen molar-refractivity contribution in [3.63, 3.8) is 0 Å². The van der Waals surface area contributed by atoms with Crippen LogP contribution in [0.4, 0.5) is 13.2 Å². The summed E-state index contributed by atoms with van der Waals surface area (Å²) in [6.07, 6.45) is -4.37. The van der Waals surface area contributed by atoms with Gasteiger partial charge in [-0.15, -0.1) is 0 Å². The second-order valence-electron chi connectivity index (χ2n) is 3.12. The van der Waals surface area contributed by atoms with E-state index in [0.717, 1.165) is 12.1 Å². The van der Waals surface area contributed by atoms with Gasteiger partial charge in [0.25, 0.3) is 0 Å². The molecule has 1 unspecified atom stereocenters. The van der Waals surface area contributed by atoms with Crippen molar-refractivity contribution < 1.29 is 23.0 Å². The van der Waals surface area contributed by atoms with Crippen LogP contribution in [0.3, 0.4) is 0 Å². The van der Waals surface area contributed by atoms with E-state index in [2.05, 4.69) is 15.9 Å². The Morgan fingerprint density at radius 2 is 2.06 bits per heavy atom. The van der Waals surface area contributed by atoms with Crippen molar-refractivity contribution in [2.45, 2.75) is 11.0 Å². The third-order valence-corrected chi connectivity index (χ3v) is 2.34. The molecule has 0 saturated carbocycles. The van der Waals surface area contributed by atoms with E-state index in [1.165, 1.54) is 12.1 Å². The van der Waals surface area contributed by atoms with Gasteiger partial charge in [-0.2, -0.15) is 13.2 Å². The number of halogens is 4. The molecular formula is C10H10BrF3O2. The fraction of sp³-hybridized carbons (Fsp3) is 0.400. The maximum atomic E-state index is 12.3. The van der Waals surface area contributed by atoms with Gasteiger partial charge in [0.2, 0.25) is 0 Å². The Balaban J connectivity index is 2.68. The van der Waals surface area contributed by atoms with Gasteiger partial charge in [-0.25, -0.2) is 0 Å². The number of hydrogen-bond acceptors (Lipinski definition) is 2. The number of hydrogen-bond donors (Lipinski definition) is 1. The molecule has 0 bridgehead atoms. The van der Waals surface area contributed by atoms with Gasteiger partial charge in [0, 0.05) is 0 Å². The second-order valence-corrected chi connectivity index (χ2v) is 4.41. The molecule has 1 N–H and O–H groups in total. The molecule has 0 fully saturated rings. The van der Waals surface area contributed by atoms with Gasteiger partial charge in [0.15, 0.2) is 0 Å². The predicted octanol–water partition coefficient (Wildman–Crippen LogP) is 2.84. The van der Waals surface area contributed by atoms with Crippen molar-refractivity contribution in [3.05, 3.63) is 29.8 Å². The number of aliphatic hydroxyl groups is 1. The third-order valence-electron chi connectivity index (χ3n) is 1.79. The molecule has 90 valence electrons. The van der Waals surface area contributed by atoms with Crippen LogP contribution >= 0.6 is 15.9 Å². The summed E-state index contributed by atoms with van der Waals surface area (Å²) in [5.41, 5.74) is -0.750. The lowest BCUT2D eigenvalue weighted by molar-refractivity contribution is -0.137. The minimum absolute atomic E-state index is 0.109. The summed E-state index contributed by atoms with van der Waals surface area (Å²) in [7, 11) is 0. The first-order chi connectivity index (χ1) is 7.43. The summed E-state index contributed by atoms with van der Waals surface area (Å²) in [4.78, 5) is -0.290. The Bertz CT molecular complexity index is 341. The Hall–Kier alpha value is -0.750. The van der Waals surface area contributed by atoms with E-state index in [1.54, 1.807) is 0 Å². The average molecular weight is 299 g/mol. The van der Waals surface area contributed by atoms with Crippen LogP contribution in [0.1, 0.15) is 5.56 Å². The maximum absolute atomic E-state index is 12.3.